The van der Waals surface area contributed by atoms with Gasteiger partial charge in [0.2, 0.25) is 5.91 Å². The highest BCUT2D eigenvalue weighted by molar-refractivity contribution is 6.03. The lowest BCUT2D eigenvalue weighted by Crippen LogP contribution is -2.17. The van der Waals surface area contributed by atoms with Crippen LogP contribution in [0.15, 0.2) is 24.3 Å². The molecular weight excluding hydrogens is 275 g/mol. The Balaban J connectivity index is 2.24. The van der Waals surface area contributed by atoms with E-state index in [0.29, 0.717) is 17.1 Å². The van der Waals surface area contributed by atoms with Crippen molar-refractivity contribution in [2.75, 3.05) is 10.6 Å². The maximum Gasteiger partial charge on any atom is 0.274 e. The molecule has 0 aliphatic rings. The summed E-state index contributed by atoms with van der Waals surface area (Å²) in [5.41, 5.74) is 1.40. The summed E-state index contributed by atoms with van der Waals surface area (Å²) in [5, 5.41) is 9.05. The number of hydrogen-bond acceptors (Lipinski definition) is 3. The lowest BCUT2D eigenvalue weighted by Gasteiger charge is -2.09. The van der Waals surface area contributed by atoms with Gasteiger partial charge in [-0.3, -0.25) is 14.3 Å². The van der Waals surface area contributed by atoms with Crippen molar-refractivity contribution in [3.8, 4) is 0 Å². The van der Waals surface area contributed by atoms with Gasteiger partial charge in [0.05, 0.1) is 11.4 Å². The van der Waals surface area contributed by atoms with E-state index in [1.165, 1.54) is 29.8 Å². The Labute approximate surface area is 121 Å². The summed E-state index contributed by atoms with van der Waals surface area (Å²) in [7, 11) is 1.63. The molecule has 0 aliphatic heterocycles. The highest BCUT2D eigenvalue weighted by atomic mass is 19.1. The van der Waals surface area contributed by atoms with Crippen LogP contribution in [0.25, 0.3) is 0 Å². The number of anilines is 2. The monoisotopic (exact) mass is 290 g/mol. The number of aromatic nitrogens is 2. The van der Waals surface area contributed by atoms with Gasteiger partial charge in [-0.2, -0.15) is 5.10 Å². The van der Waals surface area contributed by atoms with E-state index in [9.17, 15) is 14.0 Å². The van der Waals surface area contributed by atoms with Gasteiger partial charge in [0.1, 0.15) is 11.5 Å². The largest absolute Gasteiger partial charge is 0.326 e. The summed E-state index contributed by atoms with van der Waals surface area (Å²) in [6.45, 7) is 3.11. The molecular formula is C14H15FN4O2. The average Bonchev–Trinajstić information content (AvgIpc) is 2.72. The smallest absolute Gasteiger partial charge is 0.274 e. The number of aryl methyl sites for hydroxylation is 2. The van der Waals surface area contributed by atoms with Gasteiger partial charge in [0, 0.05) is 19.7 Å². The van der Waals surface area contributed by atoms with Gasteiger partial charge < -0.3 is 10.6 Å². The van der Waals surface area contributed by atoms with E-state index < -0.39 is 11.7 Å². The number of nitrogens with one attached hydrogen (secondary N) is 2. The highest BCUT2D eigenvalue weighted by Gasteiger charge is 2.14. The van der Waals surface area contributed by atoms with Crippen molar-refractivity contribution >= 4 is 23.2 Å². The van der Waals surface area contributed by atoms with Crippen LogP contribution in [0.5, 0.6) is 0 Å². The number of carbonyl (C=O) groups excluding carboxylic acids is 2. The van der Waals surface area contributed by atoms with Crippen molar-refractivity contribution in [2.45, 2.75) is 13.8 Å². The van der Waals surface area contributed by atoms with Gasteiger partial charge in [-0.1, -0.05) is 0 Å². The summed E-state index contributed by atoms with van der Waals surface area (Å²) >= 11 is 0. The second-order valence-electron chi connectivity index (χ2n) is 4.62. The molecule has 2 N–H and O–H groups in total. The topological polar surface area (TPSA) is 76.0 Å². The number of hydrogen-bond donors (Lipinski definition) is 2. The van der Waals surface area contributed by atoms with Gasteiger partial charge in [0.25, 0.3) is 5.91 Å². The molecule has 7 heteroatoms. The van der Waals surface area contributed by atoms with Crippen LogP contribution in [0, 0.1) is 12.7 Å². The predicted octanol–water partition coefficient (Wildman–Crippen LogP) is 2.08. The fraction of sp³-hybridized carbons (Fsp3) is 0.214. The number of rotatable bonds is 3. The Morgan fingerprint density at radius 3 is 2.52 bits per heavy atom. The first-order valence-corrected chi connectivity index (χ1v) is 6.26. The zero-order chi connectivity index (χ0) is 15.6. The van der Waals surface area contributed by atoms with Crippen LogP contribution in [-0.4, -0.2) is 21.6 Å². The molecule has 0 saturated carbocycles. The average molecular weight is 290 g/mol. The Kier molecular flexibility index (Phi) is 4.02. The Morgan fingerprint density at radius 2 is 1.95 bits per heavy atom. The van der Waals surface area contributed by atoms with E-state index in [1.54, 1.807) is 20.0 Å². The quantitative estimate of drug-likeness (QED) is 0.908. The molecule has 2 aromatic rings. The van der Waals surface area contributed by atoms with E-state index >= 15 is 0 Å². The lowest BCUT2D eigenvalue weighted by atomic mass is 10.2. The number of carbonyl (C=O) groups is 2. The highest BCUT2D eigenvalue weighted by Crippen LogP contribution is 2.20. The number of halogens is 1. The second kappa shape index (κ2) is 5.74. The van der Waals surface area contributed by atoms with Crippen molar-refractivity contribution in [3.63, 3.8) is 0 Å². The molecule has 0 fully saturated rings. The van der Waals surface area contributed by atoms with Crippen LogP contribution in [-0.2, 0) is 11.8 Å². The fourth-order valence-corrected chi connectivity index (χ4v) is 1.91. The lowest BCUT2D eigenvalue weighted by molar-refractivity contribution is -0.114. The first-order valence-electron chi connectivity index (χ1n) is 6.26. The molecule has 0 spiro atoms. The number of amides is 2. The molecule has 2 rings (SSSR count). The molecule has 0 radical (unpaired) electrons. The Hall–Kier alpha value is -2.70. The molecule has 110 valence electrons. The Bertz CT molecular complexity index is 709. The fourth-order valence-electron chi connectivity index (χ4n) is 1.91. The van der Waals surface area contributed by atoms with Crippen molar-refractivity contribution in [1.82, 2.24) is 9.78 Å². The maximum atomic E-state index is 13.7. The van der Waals surface area contributed by atoms with E-state index in [4.69, 9.17) is 0 Å². The Morgan fingerprint density at radius 1 is 1.24 bits per heavy atom. The third-order valence-electron chi connectivity index (χ3n) is 2.77. The molecule has 0 bridgehead atoms. The third kappa shape index (κ3) is 3.44. The minimum Gasteiger partial charge on any atom is -0.326 e. The van der Waals surface area contributed by atoms with Gasteiger partial charge in [-0.05, 0) is 31.2 Å². The normalized spacial score (nSPS) is 10.3. The van der Waals surface area contributed by atoms with Crippen LogP contribution < -0.4 is 10.6 Å². The van der Waals surface area contributed by atoms with Crippen molar-refractivity contribution < 1.29 is 14.0 Å². The van der Waals surface area contributed by atoms with Crippen LogP contribution in [0.1, 0.15) is 23.1 Å². The predicted molar refractivity (Wildman–Crippen MR) is 76.6 cm³/mol. The van der Waals surface area contributed by atoms with E-state index in [1.807, 2.05) is 0 Å². The summed E-state index contributed by atoms with van der Waals surface area (Å²) in [6, 6.07) is 5.55. The molecule has 2 amide bonds. The van der Waals surface area contributed by atoms with Gasteiger partial charge in [-0.15, -0.1) is 0 Å². The first-order chi connectivity index (χ1) is 9.86. The van der Waals surface area contributed by atoms with Gasteiger partial charge in [-0.25, -0.2) is 4.39 Å². The standard InChI is InChI=1S/C14H15FN4O2/c1-8-6-13(19(3)18-8)14(21)17-12-7-10(16-9(2)20)4-5-11(12)15/h4-7H,1-3H3,(H,16,20)(H,17,21). The SMILES string of the molecule is CC(=O)Nc1ccc(F)c(NC(=O)c2cc(C)nn2C)c1. The minimum absolute atomic E-state index is 0.00916. The molecule has 0 unspecified atom stereocenters. The van der Waals surface area contributed by atoms with Crippen molar-refractivity contribution in [2.24, 2.45) is 7.05 Å². The molecule has 0 saturated heterocycles. The van der Waals surface area contributed by atoms with Gasteiger partial charge in [0.15, 0.2) is 0 Å². The maximum absolute atomic E-state index is 13.7. The summed E-state index contributed by atoms with van der Waals surface area (Å²) in [6.07, 6.45) is 0. The zero-order valence-corrected chi connectivity index (χ0v) is 11.9. The van der Waals surface area contributed by atoms with Crippen LogP contribution >= 0.6 is 0 Å². The molecule has 0 atom stereocenters. The molecule has 1 aromatic carbocycles. The second-order valence-corrected chi connectivity index (χ2v) is 4.62. The molecule has 1 heterocycles. The van der Waals surface area contributed by atoms with Crippen LogP contribution in [0.4, 0.5) is 15.8 Å². The zero-order valence-electron chi connectivity index (χ0n) is 11.9. The summed E-state index contributed by atoms with van der Waals surface area (Å²) < 4.78 is 15.2. The number of benzene rings is 1. The first kappa shape index (κ1) is 14.7. The van der Waals surface area contributed by atoms with E-state index in [2.05, 4.69) is 15.7 Å². The molecule has 21 heavy (non-hydrogen) atoms. The van der Waals surface area contributed by atoms with Crippen molar-refractivity contribution in [1.29, 1.82) is 0 Å². The summed E-state index contributed by atoms with van der Waals surface area (Å²) in [4.78, 5) is 23.1. The molecule has 1 aromatic heterocycles. The third-order valence-corrected chi connectivity index (χ3v) is 2.77. The van der Waals surface area contributed by atoms with E-state index in [-0.39, 0.29) is 11.6 Å². The molecule has 6 nitrogen and oxygen atoms in total. The molecule has 0 aliphatic carbocycles. The van der Waals surface area contributed by atoms with Crippen LogP contribution in [0.2, 0.25) is 0 Å². The minimum atomic E-state index is -0.587. The number of nitrogens with zero attached hydrogens (tertiary/aromatic N) is 2. The van der Waals surface area contributed by atoms with E-state index in [0.717, 1.165) is 0 Å². The van der Waals surface area contributed by atoms with Crippen LogP contribution in [0.3, 0.4) is 0 Å². The summed E-state index contributed by atoms with van der Waals surface area (Å²) in [5.74, 6) is -1.34. The van der Waals surface area contributed by atoms with Gasteiger partial charge >= 0.3 is 0 Å². The van der Waals surface area contributed by atoms with Crippen molar-refractivity contribution in [3.05, 3.63) is 41.5 Å².